The Morgan fingerprint density at radius 1 is 1.50 bits per heavy atom. The fourth-order valence-corrected chi connectivity index (χ4v) is 2.46. The first-order chi connectivity index (χ1) is 8.65. The fourth-order valence-electron chi connectivity index (χ4n) is 1.63. The molecule has 3 amide bonds. The molecule has 1 saturated heterocycles. The lowest BCUT2D eigenvalue weighted by atomic mass is 10.2. The van der Waals surface area contributed by atoms with Crippen molar-refractivity contribution in [1.82, 2.24) is 10.3 Å². The van der Waals surface area contributed by atoms with Crippen molar-refractivity contribution >= 4 is 34.0 Å². The number of nitrogens with zero attached hydrogens (tertiary/aromatic N) is 2. The highest BCUT2D eigenvalue weighted by Crippen LogP contribution is 2.26. The van der Waals surface area contributed by atoms with E-state index >= 15 is 0 Å². The lowest BCUT2D eigenvalue weighted by molar-refractivity contribution is -0.117. The van der Waals surface area contributed by atoms with Crippen molar-refractivity contribution in [2.45, 2.75) is 13.8 Å². The summed E-state index contributed by atoms with van der Waals surface area (Å²) < 4.78 is 0. The van der Waals surface area contributed by atoms with Gasteiger partial charge in [-0.2, -0.15) is 0 Å². The van der Waals surface area contributed by atoms with Gasteiger partial charge in [-0.1, -0.05) is 18.2 Å². The Balaban J connectivity index is 2.26. The summed E-state index contributed by atoms with van der Waals surface area (Å²) >= 11 is 1.35. The van der Waals surface area contributed by atoms with Crippen LogP contribution in [-0.2, 0) is 4.79 Å². The van der Waals surface area contributed by atoms with Crippen LogP contribution in [0, 0.1) is 0 Å². The summed E-state index contributed by atoms with van der Waals surface area (Å²) in [7, 11) is 0. The number of hydrogen-bond donors (Lipinski definition) is 1. The second-order valence-electron chi connectivity index (χ2n) is 3.70. The molecule has 0 aromatic carbocycles. The maximum Gasteiger partial charge on any atom is 0.330 e. The van der Waals surface area contributed by atoms with E-state index in [-0.39, 0.29) is 12.5 Å². The van der Waals surface area contributed by atoms with Gasteiger partial charge in [0.05, 0.1) is 5.69 Å². The molecule has 2 rings (SSSR count). The summed E-state index contributed by atoms with van der Waals surface area (Å²) in [5.74, 6) is -0.295. The minimum atomic E-state index is -0.408. The summed E-state index contributed by atoms with van der Waals surface area (Å²) in [6, 6.07) is -0.408. The third-order valence-electron chi connectivity index (χ3n) is 2.47. The average Bonchev–Trinajstić information content (AvgIpc) is 2.92. The zero-order chi connectivity index (χ0) is 13.1. The summed E-state index contributed by atoms with van der Waals surface area (Å²) in [4.78, 5) is 28.3. The van der Waals surface area contributed by atoms with Gasteiger partial charge in [0.15, 0.2) is 5.13 Å². The van der Waals surface area contributed by atoms with Crippen LogP contribution in [0.25, 0.3) is 5.57 Å². The number of urea groups is 1. The number of rotatable bonds is 3. The van der Waals surface area contributed by atoms with Crippen LogP contribution >= 0.6 is 11.3 Å². The second kappa shape index (κ2) is 5.14. The van der Waals surface area contributed by atoms with Crippen molar-refractivity contribution in [3.8, 4) is 0 Å². The van der Waals surface area contributed by atoms with E-state index in [9.17, 15) is 9.59 Å². The van der Waals surface area contributed by atoms with Crippen LogP contribution in [0.15, 0.2) is 23.6 Å². The van der Waals surface area contributed by atoms with Crippen LogP contribution in [0.5, 0.6) is 0 Å². The molecule has 0 aliphatic carbocycles. The Morgan fingerprint density at radius 2 is 2.28 bits per heavy atom. The van der Waals surface area contributed by atoms with Crippen LogP contribution in [-0.4, -0.2) is 23.5 Å². The molecule has 1 aromatic heterocycles. The Morgan fingerprint density at radius 3 is 2.83 bits per heavy atom. The van der Waals surface area contributed by atoms with Crippen molar-refractivity contribution < 1.29 is 9.59 Å². The third kappa shape index (κ3) is 2.33. The van der Waals surface area contributed by atoms with Gasteiger partial charge in [0.2, 0.25) is 5.91 Å². The first-order valence-electron chi connectivity index (χ1n) is 5.52. The van der Waals surface area contributed by atoms with E-state index in [0.717, 1.165) is 11.3 Å². The monoisotopic (exact) mass is 263 g/mol. The largest absolute Gasteiger partial charge is 0.330 e. The molecule has 0 atom stereocenters. The summed E-state index contributed by atoms with van der Waals surface area (Å²) in [5, 5.41) is 4.64. The predicted octanol–water partition coefficient (Wildman–Crippen LogP) is 2.18. The minimum Gasteiger partial charge on any atom is -0.276 e. The van der Waals surface area contributed by atoms with E-state index in [4.69, 9.17) is 0 Å². The van der Waals surface area contributed by atoms with Gasteiger partial charge in [-0.15, -0.1) is 11.3 Å². The van der Waals surface area contributed by atoms with Gasteiger partial charge >= 0.3 is 6.03 Å². The Labute approximate surface area is 109 Å². The highest BCUT2D eigenvalue weighted by molar-refractivity contribution is 7.14. The van der Waals surface area contributed by atoms with Crippen molar-refractivity contribution in [2.24, 2.45) is 0 Å². The van der Waals surface area contributed by atoms with E-state index in [1.165, 1.54) is 16.2 Å². The molecule has 6 heteroatoms. The number of carbonyl (C=O) groups excluding carboxylic acids is 2. The van der Waals surface area contributed by atoms with Gasteiger partial charge < -0.3 is 0 Å². The number of anilines is 1. The molecule has 1 aliphatic heterocycles. The normalized spacial score (nSPS) is 16.8. The lowest BCUT2D eigenvalue weighted by Gasteiger charge is -2.07. The Hall–Kier alpha value is -1.95. The SMILES string of the molecule is C/C=C\C(=C/C)c1csc(N2CC(=O)NC2=O)n1. The summed E-state index contributed by atoms with van der Waals surface area (Å²) in [6.07, 6.45) is 5.84. The maximum absolute atomic E-state index is 11.5. The quantitative estimate of drug-likeness (QED) is 0.671. The molecule has 0 unspecified atom stereocenters. The fraction of sp³-hybridized carbons (Fsp3) is 0.250. The van der Waals surface area contributed by atoms with E-state index in [1.807, 2.05) is 37.5 Å². The van der Waals surface area contributed by atoms with Crippen LogP contribution < -0.4 is 10.2 Å². The van der Waals surface area contributed by atoms with E-state index in [0.29, 0.717) is 5.13 Å². The van der Waals surface area contributed by atoms with Crippen molar-refractivity contribution in [2.75, 3.05) is 11.4 Å². The molecule has 0 saturated carbocycles. The maximum atomic E-state index is 11.5. The highest BCUT2D eigenvalue weighted by atomic mass is 32.1. The highest BCUT2D eigenvalue weighted by Gasteiger charge is 2.30. The number of allylic oxidation sites excluding steroid dienone is 4. The summed E-state index contributed by atoms with van der Waals surface area (Å²) in [6.45, 7) is 3.91. The molecule has 2 heterocycles. The molecular weight excluding hydrogens is 250 g/mol. The molecule has 18 heavy (non-hydrogen) atoms. The number of imide groups is 1. The van der Waals surface area contributed by atoms with Gasteiger partial charge in [0.25, 0.3) is 0 Å². The topological polar surface area (TPSA) is 62.3 Å². The van der Waals surface area contributed by atoms with Gasteiger partial charge in [-0.25, -0.2) is 9.78 Å². The zero-order valence-electron chi connectivity index (χ0n) is 10.1. The first-order valence-corrected chi connectivity index (χ1v) is 6.40. The van der Waals surface area contributed by atoms with Crippen LogP contribution in [0.3, 0.4) is 0 Å². The molecule has 0 spiro atoms. The van der Waals surface area contributed by atoms with Crippen LogP contribution in [0.4, 0.5) is 9.93 Å². The van der Waals surface area contributed by atoms with Crippen molar-refractivity contribution in [3.63, 3.8) is 0 Å². The van der Waals surface area contributed by atoms with Gasteiger partial charge in [-0.05, 0) is 19.4 Å². The molecule has 0 bridgehead atoms. The van der Waals surface area contributed by atoms with Crippen molar-refractivity contribution in [1.29, 1.82) is 0 Å². The average molecular weight is 263 g/mol. The van der Waals surface area contributed by atoms with Crippen molar-refractivity contribution in [3.05, 3.63) is 29.3 Å². The molecule has 1 fully saturated rings. The standard InChI is InChI=1S/C12H13N3O2S/c1-3-5-8(4-2)9-7-18-12(13-9)15-6-10(16)14-11(15)17/h3-5,7H,6H2,1-2H3,(H,14,16,17)/b5-3-,8-4+. The second-order valence-corrected chi connectivity index (χ2v) is 4.54. The smallest absolute Gasteiger partial charge is 0.276 e. The lowest BCUT2D eigenvalue weighted by Crippen LogP contribution is -2.27. The van der Waals surface area contributed by atoms with Gasteiger partial charge in [0, 0.05) is 5.38 Å². The number of carbonyl (C=O) groups is 2. The molecule has 1 aliphatic rings. The number of nitrogens with one attached hydrogen (secondary N) is 1. The number of amides is 3. The molecule has 1 aromatic rings. The van der Waals surface area contributed by atoms with E-state index < -0.39 is 6.03 Å². The summed E-state index contributed by atoms with van der Waals surface area (Å²) in [5.41, 5.74) is 1.80. The van der Waals surface area contributed by atoms with Crippen LogP contribution in [0.2, 0.25) is 0 Å². The molecular formula is C12H13N3O2S. The van der Waals surface area contributed by atoms with Gasteiger partial charge in [0.1, 0.15) is 6.54 Å². The minimum absolute atomic E-state index is 0.0422. The predicted molar refractivity (Wildman–Crippen MR) is 71.5 cm³/mol. The number of hydrogen-bond acceptors (Lipinski definition) is 4. The third-order valence-corrected chi connectivity index (χ3v) is 3.33. The number of aromatic nitrogens is 1. The number of thiazole rings is 1. The zero-order valence-corrected chi connectivity index (χ0v) is 11.0. The molecule has 1 N–H and O–H groups in total. The Kier molecular flexibility index (Phi) is 3.57. The van der Waals surface area contributed by atoms with E-state index in [2.05, 4.69) is 10.3 Å². The first kappa shape index (κ1) is 12.5. The molecule has 5 nitrogen and oxygen atoms in total. The Bertz CT molecular complexity index is 545. The molecule has 0 radical (unpaired) electrons. The van der Waals surface area contributed by atoms with Crippen LogP contribution in [0.1, 0.15) is 19.5 Å². The molecule has 94 valence electrons. The van der Waals surface area contributed by atoms with Gasteiger partial charge in [-0.3, -0.25) is 15.0 Å². The van der Waals surface area contributed by atoms with E-state index in [1.54, 1.807) is 0 Å².